The van der Waals surface area contributed by atoms with Gasteiger partial charge in [0.25, 0.3) is 0 Å². The number of carboxylic acids is 1. The lowest BCUT2D eigenvalue weighted by Crippen LogP contribution is -2.65. The highest BCUT2D eigenvalue weighted by molar-refractivity contribution is 5.76. The Labute approximate surface area is 252 Å². The fraction of sp³-hybridized carbons (Fsp3) is 0.914. The Hall–Kier alpha value is -0.990. The van der Waals surface area contributed by atoms with E-state index < -0.39 is 42.1 Å². The second-order valence-corrected chi connectivity index (χ2v) is 17.6. The Bertz CT molecular complexity index is 1150. The van der Waals surface area contributed by atoms with Gasteiger partial charge in [-0.15, -0.1) is 0 Å². The average molecular weight is 589 g/mol. The van der Waals surface area contributed by atoms with Gasteiger partial charge in [0.15, 0.2) is 6.29 Å². The first-order valence-corrected chi connectivity index (χ1v) is 16.7. The van der Waals surface area contributed by atoms with Crippen molar-refractivity contribution in [1.82, 2.24) is 0 Å². The van der Waals surface area contributed by atoms with Gasteiger partial charge in [0.2, 0.25) is 0 Å². The number of carboxylic acid groups (broad SMARTS) is 1. The van der Waals surface area contributed by atoms with Crippen LogP contribution in [0.25, 0.3) is 0 Å². The van der Waals surface area contributed by atoms with Crippen LogP contribution in [0.3, 0.4) is 0 Å². The van der Waals surface area contributed by atoms with E-state index in [0.717, 1.165) is 64.2 Å². The monoisotopic (exact) mass is 588 g/mol. The summed E-state index contributed by atoms with van der Waals surface area (Å²) in [5.41, 5.74) is 0.811. The zero-order valence-corrected chi connectivity index (χ0v) is 26.9. The first kappa shape index (κ1) is 31.0. The number of carbonyl (C=O) groups is 1. The van der Waals surface area contributed by atoms with Crippen molar-refractivity contribution in [2.75, 3.05) is 0 Å². The van der Waals surface area contributed by atoms with Crippen LogP contribution in [0.1, 0.15) is 113 Å². The lowest BCUT2D eigenvalue weighted by atomic mass is 9.33. The van der Waals surface area contributed by atoms with Gasteiger partial charge in [-0.3, -0.25) is 4.79 Å². The maximum atomic E-state index is 12.9. The molecule has 6 rings (SSSR count). The number of ether oxygens (including phenoxy) is 1. The first-order valence-electron chi connectivity index (χ1n) is 16.7. The molecule has 5 N–H and O–H groups in total. The molecule has 5 fully saturated rings. The summed E-state index contributed by atoms with van der Waals surface area (Å²) in [5.74, 6) is 0.202. The summed E-state index contributed by atoms with van der Waals surface area (Å²) >= 11 is 0. The van der Waals surface area contributed by atoms with Crippen LogP contribution in [0.5, 0.6) is 0 Å². The summed E-state index contributed by atoms with van der Waals surface area (Å²) in [5, 5.41) is 52.8. The Kier molecular flexibility index (Phi) is 7.02. The van der Waals surface area contributed by atoms with Crippen molar-refractivity contribution in [3.8, 4) is 0 Å². The Morgan fingerprint density at radius 1 is 0.881 bits per heavy atom. The standard InChI is InChI=1S/C35H56O7/c1-30(2)14-16-35(29(40)41)17-15-33(6)19(21(35)18-30)8-9-23-32(5)12-10-20(24(36)27-25(37)26(38)28(39)42-27)31(3,4)22(32)11-13-34(23,33)7/h8,20-28,36-39H,9-18H2,1-7H3,(H,40,41)/t20-,21?,22?,23?,24?,25?,26?,27-,28+,32-,33+,34+,35-/m0/s1. The van der Waals surface area contributed by atoms with E-state index in [9.17, 15) is 30.3 Å². The van der Waals surface area contributed by atoms with E-state index in [1.807, 2.05) is 0 Å². The van der Waals surface area contributed by atoms with Crippen molar-refractivity contribution in [2.24, 2.45) is 56.2 Å². The highest BCUT2D eigenvalue weighted by Crippen LogP contribution is 2.76. The fourth-order valence-corrected chi connectivity index (χ4v) is 12.5. The molecule has 4 saturated carbocycles. The molecule has 0 spiro atoms. The topological polar surface area (TPSA) is 127 Å². The summed E-state index contributed by atoms with van der Waals surface area (Å²) in [6.07, 6.45) is 5.56. The second kappa shape index (κ2) is 9.51. The minimum absolute atomic E-state index is 0.0322. The third-order valence-electron chi connectivity index (χ3n) is 15.2. The van der Waals surface area contributed by atoms with Crippen molar-refractivity contribution in [3.05, 3.63) is 11.6 Å². The van der Waals surface area contributed by atoms with E-state index in [4.69, 9.17) is 4.74 Å². The van der Waals surface area contributed by atoms with Gasteiger partial charge in [-0.2, -0.15) is 0 Å². The van der Waals surface area contributed by atoms with Crippen LogP contribution < -0.4 is 0 Å². The molecule has 42 heavy (non-hydrogen) atoms. The lowest BCUT2D eigenvalue weighted by Gasteiger charge is -2.71. The van der Waals surface area contributed by atoms with Crippen LogP contribution in [0.15, 0.2) is 11.6 Å². The van der Waals surface area contributed by atoms with Gasteiger partial charge in [-0.25, -0.2) is 0 Å². The summed E-state index contributed by atoms with van der Waals surface area (Å²) in [6.45, 7) is 16.6. The third kappa shape index (κ3) is 3.91. The molecule has 0 aromatic heterocycles. The molecule has 1 heterocycles. The molecule has 0 aromatic rings. The zero-order chi connectivity index (χ0) is 30.8. The number of rotatable bonds is 3. The highest BCUT2D eigenvalue weighted by atomic mass is 16.6. The van der Waals surface area contributed by atoms with Crippen molar-refractivity contribution >= 4 is 5.97 Å². The summed E-state index contributed by atoms with van der Waals surface area (Å²) in [4.78, 5) is 12.9. The van der Waals surface area contributed by atoms with Crippen LogP contribution in [-0.4, -0.2) is 62.2 Å². The van der Waals surface area contributed by atoms with Gasteiger partial charge in [0.1, 0.15) is 18.3 Å². The normalized spacial score (nSPS) is 53.5. The largest absolute Gasteiger partial charge is 0.481 e. The van der Waals surface area contributed by atoms with Crippen LogP contribution >= 0.6 is 0 Å². The van der Waals surface area contributed by atoms with Crippen LogP contribution in [-0.2, 0) is 9.53 Å². The number of hydrogen-bond donors (Lipinski definition) is 5. The minimum atomic E-state index is -1.49. The summed E-state index contributed by atoms with van der Waals surface area (Å²) in [7, 11) is 0. The molecular weight excluding hydrogens is 532 g/mol. The van der Waals surface area contributed by atoms with Gasteiger partial charge in [-0.1, -0.05) is 60.1 Å². The van der Waals surface area contributed by atoms with E-state index in [2.05, 4.69) is 54.5 Å². The molecule has 1 saturated heterocycles. The molecule has 0 radical (unpaired) electrons. The van der Waals surface area contributed by atoms with E-state index in [-0.39, 0.29) is 38.9 Å². The SMILES string of the molecule is CC1(C)CC[C@]2(C(=O)O)CC[C@]3(C)C(=CCC4[C@@]5(C)CC[C@@H](C(O)[C@@H]6O[C@@H](O)C(O)C6O)C(C)(C)C5CC[C@]43C)C2C1. The predicted molar refractivity (Wildman–Crippen MR) is 159 cm³/mol. The van der Waals surface area contributed by atoms with E-state index >= 15 is 0 Å². The van der Waals surface area contributed by atoms with Gasteiger partial charge in [-0.05, 0) is 115 Å². The smallest absolute Gasteiger partial charge is 0.310 e. The van der Waals surface area contributed by atoms with Crippen molar-refractivity contribution in [2.45, 2.75) is 143 Å². The average Bonchev–Trinajstić information content (AvgIpc) is 3.15. The number of hydrogen-bond acceptors (Lipinski definition) is 6. The van der Waals surface area contributed by atoms with Crippen molar-refractivity contribution in [1.29, 1.82) is 0 Å². The maximum absolute atomic E-state index is 12.9. The van der Waals surface area contributed by atoms with E-state index in [0.29, 0.717) is 11.8 Å². The van der Waals surface area contributed by atoms with Crippen LogP contribution in [0, 0.1) is 56.2 Å². The molecule has 0 aromatic carbocycles. The minimum Gasteiger partial charge on any atom is -0.481 e. The number of allylic oxidation sites excluding steroid dienone is 2. The zero-order valence-electron chi connectivity index (χ0n) is 26.9. The molecule has 13 atom stereocenters. The van der Waals surface area contributed by atoms with Gasteiger partial charge in [0, 0.05) is 0 Å². The molecule has 238 valence electrons. The summed E-state index contributed by atoms with van der Waals surface area (Å²) < 4.78 is 5.47. The van der Waals surface area contributed by atoms with Gasteiger partial charge < -0.3 is 30.3 Å². The molecule has 5 aliphatic carbocycles. The number of aliphatic hydroxyl groups excluding tert-OH is 4. The molecule has 7 heteroatoms. The Balaban J connectivity index is 1.33. The second-order valence-electron chi connectivity index (χ2n) is 17.6. The molecule has 6 unspecified atom stereocenters. The number of fused-ring (bicyclic) bond motifs is 7. The molecule has 0 amide bonds. The molecule has 0 bridgehead atoms. The van der Waals surface area contributed by atoms with Crippen LogP contribution in [0.2, 0.25) is 0 Å². The Morgan fingerprint density at radius 2 is 1.55 bits per heavy atom. The molecule has 6 aliphatic rings. The lowest BCUT2D eigenvalue weighted by molar-refractivity contribution is -0.217. The molecule has 7 nitrogen and oxygen atoms in total. The van der Waals surface area contributed by atoms with Gasteiger partial charge >= 0.3 is 5.97 Å². The molecule has 1 aliphatic heterocycles. The maximum Gasteiger partial charge on any atom is 0.310 e. The van der Waals surface area contributed by atoms with Crippen molar-refractivity contribution in [3.63, 3.8) is 0 Å². The molecular formula is C35H56O7. The Morgan fingerprint density at radius 3 is 2.17 bits per heavy atom. The highest BCUT2D eigenvalue weighted by Gasteiger charge is 2.69. The quantitative estimate of drug-likeness (QED) is 0.284. The third-order valence-corrected chi connectivity index (χ3v) is 15.2. The fourth-order valence-electron chi connectivity index (χ4n) is 12.5. The number of aliphatic hydroxyl groups is 4. The van der Waals surface area contributed by atoms with Crippen LogP contribution in [0.4, 0.5) is 0 Å². The number of aliphatic carboxylic acids is 1. The van der Waals surface area contributed by atoms with Gasteiger partial charge in [0.05, 0.1) is 11.5 Å². The van der Waals surface area contributed by atoms with E-state index in [1.54, 1.807) is 0 Å². The van der Waals surface area contributed by atoms with Crippen molar-refractivity contribution < 1.29 is 35.1 Å². The van der Waals surface area contributed by atoms with E-state index in [1.165, 1.54) is 5.57 Å². The predicted octanol–water partition coefficient (Wildman–Crippen LogP) is 5.29. The first-order chi connectivity index (χ1) is 19.4. The summed E-state index contributed by atoms with van der Waals surface area (Å²) in [6, 6.07) is 0.